The first kappa shape index (κ1) is 19.7. The van der Waals surface area contributed by atoms with Gasteiger partial charge >= 0.3 is 5.91 Å². The number of ketones is 1. The van der Waals surface area contributed by atoms with Crippen LogP contribution < -0.4 is 9.64 Å². The smallest absolute Gasteiger partial charge is 0.301 e. The number of halogens is 1. The second-order valence-electron chi connectivity index (χ2n) is 6.52. The number of aryl methyl sites for hydroxylation is 1. The van der Waals surface area contributed by atoms with Crippen LogP contribution in [0.4, 0.5) is 9.52 Å². The van der Waals surface area contributed by atoms with Gasteiger partial charge in [-0.05, 0) is 37.3 Å². The van der Waals surface area contributed by atoms with Gasteiger partial charge in [0.2, 0.25) is 5.13 Å². The van der Waals surface area contributed by atoms with Crippen molar-refractivity contribution in [2.24, 2.45) is 0 Å². The van der Waals surface area contributed by atoms with Crippen LogP contribution in [0.3, 0.4) is 0 Å². The molecule has 7 nitrogen and oxygen atoms in total. The molecule has 2 heterocycles. The fourth-order valence-corrected chi connectivity index (χ4v) is 4.02. The summed E-state index contributed by atoms with van der Waals surface area (Å²) in [5, 5.41) is 19.5. The van der Waals surface area contributed by atoms with Crippen LogP contribution in [-0.2, 0) is 9.59 Å². The zero-order valence-corrected chi connectivity index (χ0v) is 16.8. The predicted octanol–water partition coefficient (Wildman–Crippen LogP) is 3.62. The van der Waals surface area contributed by atoms with Crippen LogP contribution in [0, 0.1) is 12.7 Å². The van der Waals surface area contributed by atoms with E-state index in [0.717, 1.165) is 16.2 Å². The molecule has 4 rings (SSSR count). The molecular weight excluding hydrogens is 409 g/mol. The van der Waals surface area contributed by atoms with Crippen molar-refractivity contribution in [1.82, 2.24) is 10.2 Å². The highest BCUT2D eigenvalue weighted by molar-refractivity contribution is 7.15. The van der Waals surface area contributed by atoms with Gasteiger partial charge in [0.15, 0.2) is 0 Å². The van der Waals surface area contributed by atoms with Crippen LogP contribution >= 0.6 is 11.3 Å². The molecule has 1 aliphatic heterocycles. The molecule has 1 atom stereocenters. The van der Waals surface area contributed by atoms with Gasteiger partial charge in [0.05, 0.1) is 12.7 Å². The van der Waals surface area contributed by atoms with Crippen molar-refractivity contribution >= 4 is 33.9 Å². The summed E-state index contributed by atoms with van der Waals surface area (Å²) < 4.78 is 19.8. The number of rotatable bonds is 4. The van der Waals surface area contributed by atoms with Crippen LogP contribution in [0.5, 0.6) is 5.75 Å². The predicted molar refractivity (Wildman–Crippen MR) is 109 cm³/mol. The Kier molecular flexibility index (Phi) is 5.04. The van der Waals surface area contributed by atoms with E-state index in [2.05, 4.69) is 10.2 Å². The lowest BCUT2D eigenvalue weighted by atomic mass is 9.95. The van der Waals surface area contributed by atoms with E-state index < -0.39 is 29.3 Å². The lowest BCUT2D eigenvalue weighted by molar-refractivity contribution is -0.132. The first-order valence-corrected chi connectivity index (χ1v) is 9.74. The van der Waals surface area contributed by atoms with Crippen molar-refractivity contribution in [1.29, 1.82) is 0 Å². The first-order valence-electron chi connectivity index (χ1n) is 8.92. The zero-order chi connectivity index (χ0) is 21.4. The molecule has 1 amide bonds. The van der Waals surface area contributed by atoms with Crippen LogP contribution in [0.2, 0.25) is 0 Å². The maximum Gasteiger partial charge on any atom is 0.301 e. The van der Waals surface area contributed by atoms with Gasteiger partial charge in [-0.2, -0.15) is 0 Å². The lowest BCUT2D eigenvalue weighted by Crippen LogP contribution is -2.29. The molecule has 1 fully saturated rings. The number of nitrogens with zero attached hydrogens (tertiary/aromatic N) is 3. The summed E-state index contributed by atoms with van der Waals surface area (Å²) >= 11 is 1.10. The summed E-state index contributed by atoms with van der Waals surface area (Å²) in [7, 11) is 1.50. The van der Waals surface area contributed by atoms with E-state index in [1.165, 1.54) is 25.3 Å². The Balaban J connectivity index is 1.94. The highest BCUT2D eigenvalue weighted by Gasteiger charge is 2.49. The van der Waals surface area contributed by atoms with Gasteiger partial charge < -0.3 is 9.84 Å². The van der Waals surface area contributed by atoms with E-state index in [9.17, 15) is 19.1 Å². The fourth-order valence-electron chi connectivity index (χ4n) is 3.31. The van der Waals surface area contributed by atoms with Gasteiger partial charge in [0, 0.05) is 11.1 Å². The molecule has 9 heteroatoms. The molecule has 0 saturated carbocycles. The second-order valence-corrected chi connectivity index (χ2v) is 7.68. The van der Waals surface area contributed by atoms with E-state index in [1.807, 2.05) is 0 Å². The van der Waals surface area contributed by atoms with Crippen molar-refractivity contribution < 1.29 is 23.8 Å². The maximum absolute atomic E-state index is 14.7. The van der Waals surface area contributed by atoms with E-state index >= 15 is 0 Å². The minimum Gasteiger partial charge on any atom is -0.507 e. The Morgan fingerprint density at radius 3 is 2.43 bits per heavy atom. The molecule has 1 saturated heterocycles. The summed E-state index contributed by atoms with van der Waals surface area (Å²) in [5.74, 6) is -2.30. The summed E-state index contributed by atoms with van der Waals surface area (Å²) in [5.41, 5.74) is 0.145. The quantitative estimate of drug-likeness (QED) is 0.390. The van der Waals surface area contributed by atoms with Crippen LogP contribution in [0.15, 0.2) is 54.1 Å². The number of methoxy groups -OCH3 is 1. The number of amides is 1. The molecular formula is C21H16FN3O4S. The van der Waals surface area contributed by atoms with Gasteiger partial charge in [-0.15, -0.1) is 10.2 Å². The maximum atomic E-state index is 14.7. The zero-order valence-electron chi connectivity index (χ0n) is 16.0. The van der Waals surface area contributed by atoms with Crippen molar-refractivity contribution in [3.8, 4) is 5.75 Å². The topological polar surface area (TPSA) is 92.6 Å². The SMILES string of the molecule is COc1ccc(C(O)=C2C(=O)C(=O)N(c3nnc(C)s3)[C@@H]2c2ccccc2F)cc1. The minimum absolute atomic E-state index is 0.0691. The highest BCUT2D eigenvalue weighted by Crippen LogP contribution is 2.43. The summed E-state index contributed by atoms with van der Waals surface area (Å²) in [6, 6.07) is 10.9. The van der Waals surface area contributed by atoms with E-state index in [-0.39, 0.29) is 16.3 Å². The summed E-state index contributed by atoms with van der Waals surface area (Å²) in [6.45, 7) is 1.70. The molecule has 0 bridgehead atoms. The molecule has 152 valence electrons. The van der Waals surface area contributed by atoms with Gasteiger partial charge in [-0.3, -0.25) is 14.5 Å². The average Bonchev–Trinajstić information content (AvgIpc) is 3.29. The minimum atomic E-state index is -1.18. The van der Waals surface area contributed by atoms with Crippen molar-refractivity contribution in [2.45, 2.75) is 13.0 Å². The van der Waals surface area contributed by atoms with Crippen LogP contribution in [0.1, 0.15) is 22.2 Å². The third kappa shape index (κ3) is 3.22. The number of anilines is 1. The first-order chi connectivity index (χ1) is 14.4. The summed E-state index contributed by atoms with van der Waals surface area (Å²) in [4.78, 5) is 26.9. The normalized spacial score (nSPS) is 18.1. The molecule has 1 N–H and O–H groups in total. The number of hydrogen-bond donors (Lipinski definition) is 1. The van der Waals surface area contributed by atoms with Crippen molar-refractivity contribution in [2.75, 3.05) is 12.0 Å². The Hall–Kier alpha value is -3.59. The Morgan fingerprint density at radius 1 is 1.13 bits per heavy atom. The number of Topliss-reactive ketones (excluding diaryl/α,β-unsaturated/α-hetero) is 1. The molecule has 1 aliphatic rings. The molecule has 0 radical (unpaired) electrons. The average molecular weight is 425 g/mol. The number of hydrogen-bond acceptors (Lipinski definition) is 7. The largest absolute Gasteiger partial charge is 0.507 e. The van der Waals surface area contributed by atoms with Crippen molar-refractivity contribution in [3.05, 3.63) is 76.1 Å². The Morgan fingerprint density at radius 2 is 1.83 bits per heavy atom. The standard InChI is InChI=1S/C21H16FN3O4S/c1-11-23-24-21(30-11)25-17(14-5-3-4-6-15(14)22)16(19(27)20(25)28)18(26)12-7-9-13(29-2)10-8-12/h3-10,17,26H,1-2H3/t17-/m1/s1. The van der Waals surface area contributed by atoms with E-state index in [0.29, 0.717) is 16.3 Å². The molecule has 1 aromatic heterocycles. The fraction of sp³-hybridized carbons (Fsp3) is 0.143. The Bertz CT molecular complexity index is 1170. The second kappa shape index (κ2) is 7.68. The molecule has 0 unspecified atom stereocenters. The molecule has 30 heavy (non-hydrogen) atoms. The number of benzene rings is 2. The van der Waals surface area contributed by atoms with E-state index in [4.69, 9.17) is 4.74 Å². The molecule has 0 aliphatic carbocycles. The number of carbonyl (C=O) groups excluding carboxylic acids is 2. The van der Waals surface area contributed by atoms with Gasteiger partial charge in [-0.25, -0.2) is 4.39 Å². The third-order valence-electron chi connectivity index (χ3n) is 4.73. The number of aliphatic hydroxyl groups is 1. The van der Waals surface area contributed by atoms with Crippen LogP contribution in [-0.4, -0.2) is 34.1 Å². The molecule has 0 spiro atoms. The monoisotopic (exact) mass is 425 g/mol. The Labute approximate surface area is 175 Å². The number of aromatic nitrogens is 2. The van der Waals surface area contributed by atoms with E-state index in [1.54, 1.807) is 37.3 Å². The van der Waals surface area contributed by atoms with Crippen molar-refractivity contribution in [3.63, 3.8) is 0 Å². The molecule has 3 aromatic rings. The third-order valence-corrected chi connectivity index (χ3v) is 5.57. The summed E-state index contributed by atoms with van der Waals surface area (Å²) in [6.07, 6.45) is 0. The number of ether oxygens (including phenoxy) is 1. The van der Waals surface area contributed by atoms with Gasteiger partial charge in [0.1, 0.15) is 28.4 Å². The van der Waals surface area contributed by atoms with Crippen LogP contribution in [0.25, 0.3) is 5.76 Å². The highest BCUT2D eigenvalue weighted by atomic mass is 32.1. The number of carbonyl (C=O) groups is 2. The molecule has 2 aromatic carbocycles. The van der Waals surface area contributed by atoms with Gasteiger partial charge in [0.25, 0.3) is 5.78 Å². The lowest BCUT2D eigenvalue weighted by Gasteiger charge is -2.22. The number of aliphatic hydroxyl groups excluding tert-OH is 1. The van der Waals surface area contributed by atoms with Gasteiger partial charge in [-0.1, -0.05) is 29.5 Å².